The van der Waals surface area contributed by atoms with Gasteiger partial charge in [-0.1, -0.05) is 53.7 Å². The number of oxime groups is 1. The summed E-state index contributed by atoms with van der Waals surface area (Å²) in [5.41, 5.74) is 1.91. The Morgan fingerprint density at radius 3 is 2.36 bits per heavy atom. The molecule has 0 spiro atoms. The zero-order chi connectivity index (χ0) is 22.4. The van der Waals surface area contributed by atoms with Crippen LogP contribution in [0.3, 0.4) is 0 Å². The topological polar surface area (TPSA) is 85.3 Å². The van der Waals surface area contributed by atoms with Crippen molar-refractivity contribution in [1.29, 1.82) is 0 Å². The van der Waals surface area contributed by atoms with Crippen molar-refractivity contribution in [2.45, 2.75) is 6.23 Å². The smallest absolute Gasteiger partial charge is 0.345 e. The molecule has 7 nitrogen and oxygen atoms in total. The van der Waals surface area contributed by atoms with E-state index in [0.717, 1.165) is 16.3 Å². The number of amidine groups is 1. The largest absolute Gasteiger partial charge is 0.423 e. The van der Waals surface area contributed by atoms with Crippen LogP contribution in [-0.2, 0) is 4.84 Å². The molecule has 3 aromatic carbocycles. The van der Waals surface area contributed by atoms with Crippen molar-refractivity contribution in [3.8, 4) is 0 Å². The summed E-state index contributed by atoms with van der Waals surface area (Å²) < 4.78 is 10.8. The summed E-state index contributed by atoms with van der Waals surface area (Å²) in [6, 6.07) is 27.1. The average Bonchev–Trinajstić information content (AvgIpc) is 3.29. The van der Waals surface area contributed by atoms with Crippen LogP contribution in [-0.4, -0.2) is 5.84 Å². The zero-order valence-electron chi connectivity index (χ0n) is 17.2. The molecule has 1 aliphatic heterocycles. The van der Waals surface area contributed by atoms with Crippen LogP contribution in [0.5, 0.6) is 0 Å². The van der Waals surface area contributed by atoms with Gasteiger partial charge in [-0.2, -0.15) is 0 Å². The molecule has 0 saturated carbocycles. The minimum atomic E-state index is -0.839. The molecule has 0 amide bonds. The highest BCUT2D eigenvalue weighted by Crippen LogP contribution is 2.36. The van der Waals surface area contributed by atoms with Gasteiger partial charge in [-0.25, -0.2) is 9.59 Å². The summed E-state index contributed by atoms with van der Waals surface area (Å²) in [4.78, 5) is 32.1. The van der Waals surface area contributed by atoms with E-state index in [1.54, 1.807) is 30.3 Å². The van der Waals surface area contributed by atoms with E-state index in [-0.39, 0.29) is 0 Å². The van der Waals surface area contributed by atoms with E-state index < -0.39 is 17.5 Å². The van der Waals surface area contributed by atoms with Gasteiger partial charge in [-0.3, -0.25) is 4.90 Å². The number of para-hydroxylation sites is 1. The molecule has 0 fully saturated rings. The molecule has 0 bridgehead atoms. The maximum atomic E-state index is 12.9. The Balaban J connectivity index is 1.53. The Hall–Kier alpha value is -4.65. The minimum absolute atomic E-state index is 0.322. The van der Waals surface area contributed by atoms with Crippen molar-refractivity contribution >= 4 is 33.5 Å². The second kappa shape index (κ2) is 7.49. The van der Waals surface area contributed by atoms with Crippen molar-refractivity contribution in [1.82, 2.24) is 0 Å². The zero-order valence-corrected chi connectivity index (χ0v) is 17.2. The lowest BCUT2D eigenvalue weighted by Gasteiger charge is -2.25. The Morgan fingerprint density at radius 1 is 0.727 bits per heavy atom. The molecule has 6 rings (SSSR count). The fourth-order valence-electron chi connectivity index (χ4n) is 3.99. The maximum Gasteiger partial charge on any atom is 0.345 e. The van der Waals surface area contributed by atoms with E-state index in [9.17, 15) is 9.59 Å². The van der Waals surface area contributed by atoms with Crippen molar-refractivity contribution in [2.24, 2.45) is 5.16 Å². The van der Waals surface area contributed by atoms with E-state index in [1.165, 1.54) is 6.07 Å². The number of fused-ring (bicyclic) bond motifs is 2. The molecule has 160 valence electrons. The maximum absolute atomic E-state index is 12.9. The SMILES string of the molecule is O=c1ccc2cc(N3C(c4ccccc4)=NOC3c3cc4ccccc4oc3=O)ccc2o1. The number of anilines is 1. The monoisotopic (exact) mass is 436 g/mol. The first-order chi connectivity index (χ1) is 16.2. The third-order valence-electron chi connectivity index (χ3n) is 5.55. The molecule has 0 aliphatic carbocycles. The van der Waals surface area contributed by atoms with E-state index in [1.807, 2.05) is 59.5 Å². The van der Waals surface area contributed by atoms with Gasteiger partial charge in [0.05, 0.1) is 0 Å². The lowest BCUT2D eigenvalue weighted by atomic mass is 10.1. The average molecular weight is 436 g/mol. The molecular formula is C26H16N2O5. The van der Waals surface area contributed by atoms with Crippen molar-refractivity contribution in [3.63, 3.8) is 0 Å². The number of nitrogens with zero attached hydrogens (tertiary/aromatic N) is 2. The molecule has 5 aromatic rings. The minimum Gasteiger partial charge on any atom is -0.423 e. The van der Waals surface area contributed by atoms with Crippen molar-refractivity contribution in [3.05, 3.63) is 123 Å². The van der Waals surface area contributed by atoms with Gasteiger partial charge in [0.15, 0.2) is 5.84 Å². The van der Waals surface area contributed by atoms with Gasteiger partial charge in [-0.05, 0) is 36.4 Å². The Bertz CT molecular complexity index is 1650. The van der Waals surface area contributed by atoms with Gasteiger partial charge in [0.25, 0.3) is 0 Å². The molecule has 1 atom stereocenters. The van der Waals surface area contributed by atoms with Gasteiger partial charge < -0.3 is 13.7 Å². The molecule has 3 heterocycles. The van der Waals surface area contributed by atoms with Crippen LogP contribution in [0, 0.1) is 0 Å². The van der Waals surface area contributed by atoms with E-state index in [2.05, 4.69) is 5.16 Å². The summed E-state index contributed by atoms with van der Waals surface area (Å²) in [7, 11) is 0. The molecule has 1 unspecified atom stereocenters. The Kier molecular flexibility index (Phi) is 4.33. The summed E-state index contributed by atoms with van der Waals surface area (Å²) in [6.45, 7) is 0. The van der Waals surface area contributed by atoms with Gasteiger partial charge in [0, 0.05) is 28.1 Å². The van der Waals surface area contributed by atoms with Crippen molar-refractivity contribution in [2.75, 3.05) is 4.90 Å². The van der Waals surface area contributed by atoms with Crippen molar-refractivity contribution < 1.29 is 13.7 Å². The van der Waals surface area contributed by atoms with Crippen LogP contribution < -0.4 is 16.2 Å². The second-order valence-electron chi connectivity index (χ2n) is 7.61. The molecule has 1 aliphatic rings. The molecule has 2 aromatic heterocycles. The van der Waals surface area contributed by atoms with Crippen LogP contribution in [0.25, 0.3) is 21.9 Å². The Morgan fingerprint density at radius 2 is 1.48 bits per heavy atom. The number of benzene rings is 3. The molecule has 7 heteroatoms. The molecule has 0 saturated heterocycles. The summed E-state index contributed by atoms with van der Waals surface area (Å²) >= 11 is 0. The number of hydrogen-bond acceptors (Lipinski definition) is 7. The highest BCUT2D eigenvalue weighted by molar-refractivity contribution is 6.11. The van der Waals surface area contributed by atoms with Gasteiger partial charge in [0.1, 0.15) is 16.7 Å². The summed E-state index contributed by atoms with van der Waals surface area (Å²) in [5, 5.41) is 5.84. The number of rotatable bonds is 3. The van der Waals surface area contributed by atoms with Crippen LogP contribution in [0.1, 0.15) is 17.4 Å². The highest BCUT2D eigenvalue weighted by Gasteiger charge is 2.36. The van der Waals surface area contributed by atoms with Crippen LogP contribution in [0.2, 0.25) is 0 Å². The third-order valence-corrected chi connectivity index (χ3v) is 5.55. The highest BCUT2D eigenvalue weighted by atomic mass is 16.7. The fraction of sp³-hybridized carbons (Fsp3) is 0.0385. The van der Waals surface area contributed by atoms with Crippen LogP contribution >= 0.6 is 0 Å². The van der Waals surface area contributed by atoms with E-state index in [0.29, 0.717) is 28.3 Å². The van der Waals surface area contributed by atoms with E-state index in [4.69, 9.17) is 13.7 Å². The summed E-state index contributed by atoms with van der Waals surface area (Å²) in [6.07, 6.45) is -0.839. The predicted octanol–water partition coefficient (Wildman–Crippen LogP) is 4.80. The quantitative estimate of drug-likeness (QED) is 0.378. The lowest BCUT2D eigenvalue weighted by Crippen LogP contribution is -2.33. The molecular weight excluding hydrogens is 420 g/mol. The van der Waals surface area contributed by atoms with Gasteiger partial charge in [-0.15, -0.1) is 0 Å². The Labute approximate surface area is 186 Å². The van der Waals surface area contributed by atoms with Gasteiger partial charge >= 0.3 is 11.3 Å². The summed E-state index contributed by atoms with van der Waals surface area (Å²) in [5.74, 6) is 0.546. The molecule has 33 heavy (non-hydrogen) atoms. The first-order valence-electron chi connectivity index (χ1n) is 10.3. The fourth-order valence-corrected chi connectivity index (χ4v) is 3.99. The van der Waals surface area contributed by atoms with E-state index >= 15 is 0 Å². The van der Waals surface area contributed by atoms with Gasteiger partial charge in [0.2, 0.25) is 6.23 Å². The van der Waals surface area contributed by atoms with Crippen LogP contribution in [0.15, 0.2) is 115 Å². The molecule has 0 radical (unpaired) electrons. The number of hydrogen-bond donors (Lipinski definition) is 0. The third kappa shape index (κ3) is 3.27. The first kappa shape index (κ1) is 19.1. The molecule has 0 N–H and O–H groups in total. The second-order valence-corrected chi connectivity index (χ2v) is 7.61. The first-order valence-corrected chi connectivity index (χ1v) is 10.3. The lowest BCUT2D eigenvalue weighted by molar-refractivity contribution is 0.0844. The van der Waals surface area contributed by atoms with Crippen LogP contribution in [0.4, 0.5) is 5.69 Å². The normalized spacial score (nSPS) is 15.6. The standard InChI is InChI=1S/C26H16N2O5/c29-23-13-10-18-14-19(11-12-22(18)31-23)28-24(16-6-2-1-3-7-16)27-33-25(28)20-15-17-8-4-5-9-21(17)32-26(20)30/h1-15,25H. The predicted molar refractivity (Wildman–Crippen MR) is 124 cm³/mol.